The highest BCUT2D eigenvalue weighted by Crippen LogP contribution is 2.21. The molecule has 0 unspecified atom stereocenters. The maximum absolute atomic E-state index is 12.0. The van der Waals surface area contributed by atoms with Crippen molar-refractivity contribution in [2.45, 2.75) is 64.2 Å². The highest BCUT2D eigenvalue weighted by Gasteiger charge is 2.15. The maximum atomic E-state index is 12.0. The Morgan fingerprint density at radius 1 is 0.553 bits per heavy atom. The Hall–Kier alpha value is -3.68. The van der Waals surface area contributed by atoms with E-state index in [-0.39, 0.29) is 0 Å². The smallest absolute Gasteiger partial charge is 0.291 e. The van der Waals surface area contributed by atoms with Crippen molar-refractivity contribution in [3.05, 3.63) is 48.5 Å². The fourth-order valence-corrected chi connectivity index (χ4v) is 4.34. The topological polar surface area (TPSA) is 93.2 Å². The minimum atomic E-state index is -0.530. The molecule has 0 saturated heterocycles. The number of carbonyl (C=O) groups excluding carboxylic acids is 4. The fraction of sp³-hybridized carbons (Fsp3) is 0.467. The number of unbranched alkanes of at least 4 members (excludes halogenated alkanes) is 9. The Morgan fingerprint density at radius 2 is 0.842 bits per heavy atom. The fourth-order valence-electron chi connectivity index (χ4n) is 4.34. The van der Waals surface area contributed by atoms with Crippen LogP contribution in [0.2, 0.25) is 0 Å². The molecule has 0 aromatic heterocycles. The second kappa shape index (κ2) is 17.7. The summed E-state index contributed by atoms with van der Waals surface area (Å²) in [5.41, 5.74) is 1.40. The number of aldehydes is 2. The molecule has 0 aliphatic carbocycles. The van der Waals surface area contributed by atoms with Crippen LogP contribution < -0.4 is 19.3 Å². The second-order valence-electron chi connectivity index (χ2n) is 9.15. The number of ether oxygens (including phenoxy) is 2. The Bertz CT molecular complexity index is 909. The van der Waals surface area contributed by atoms with Gasteiger partial charge in [-0.3, -0.25) is 19.2 Å². The Morgan fingerprint density at radius 3 is 1.11 bits per heavy atom. The van der Waals surface area contributed by atoms with E-state index in [0.29, 0.717) is 48.5 Å². The predicted molar refractivity (Wildman–Crippen MR) is 149 cm³/mol. The molecule has 0 N–H and O–H groups in total. The van der Waals surface area contributed by atoms with E-state index in [1.54, 1.807) is 62.8 Å². The second-order valence-corrected chi connectivity index (χ2v) is 9.15. The number of rotatable bonds is 19. The monoisotopic (exact) mass is 524 g/mol. The van der Waals surface area contributed by atoms with Crippen LogP contribution >= 0.6 is 0 Å². The van der Waals surface area contributed by atoms with Crippen LogP contribution in [0.3, 0.4) is 0 Å². The molecule has 0 spiro atoms. The number of hydrogen-bond acceptors (Lipinski definition) is 6. The van der Waals surface area contributed by atoms with E-state index in [0.717, 1.165) is 64.2 Å². The van der Waals surface area contributed by atoms with Gasteiger partial charge >= 0.3 is 0 Å². The summed E-state index contributed by atoms with van der Waals surface area (Å²) in [4.78, 5) is 49.2. The molecule has 0 radical (unpaired) electrons. The number of benzene rings is 2. The van der Waals surface area contributed by atoms with Gasteiger partial charge in [0.05, 0.1) is 14.2 Å². The largest absolute Gasteiger partial charge is 0.497 e. The van der Waals surface area contributed by atoms with Crippen molar-refractivity contribution in [2.24, 2.45) is 0 Å². The van der Waals surface area contributed by atoms with E-state index >= 15 is 0 Å². The SMILES string of the molecule is COc1ccc(N(CCCCCCCCCCCCN(C(=O)C=O)c2ccc(OC)cc2)C(=O)C=O)cc1. The lowest BCUT2D eigenvalue weighted by Crippen LogP contribution is -2.32. The molecule has 2 aromatic carbocycles. The minimum Gasteiger partial charge on any atom is -0.497 e. The van der Waals surface area contributed by atoms with Crippen molar-refractivity contribution in [3.63, 3.8) is 0 Å². The van der Waals surface area contributed by atoms with Crippen LogP contribution in [-0.2, 0) is 19.2 Å². The molecule has 2 amide bonds. The molecular formula is C30H40N2O6. The molecule has 38 heavy (non-hydrogen) atoms. The van der Waals surface area contributed by atoms with E-state index in [4.69, 9.17) is 9.47 Å². The van der Waals surface area contributed by atoms with Crippen LogP contribution in [0.4, 0.5) is 11.4 Å². The highest BCUT2D eigenvalue weighted by atomic mass is 16.5. The molecule has 0 aliphatic rings. The van der Waals surface area contributed by atoms with Crippen molar-refractivity contribution in [1.29, 1.82) is 0 Å². The summed E-state index contributed by atoms with van der Waals surface area (Å²) in [6.07, 6.45) is 11.2. The zero-order valence-corrected chi connectivity index (χ0v) is 22.6. The first-order chi connectivity index (χ1) is 18.5. The number of carbonyl (C=O) groups is 4. The third kappa shape index (κ3) is 10.4. The zero-order valence-electron chi connectivity index (χ0n) is 22.6. The van der Waals surface area contributed by atoms with E-state index in [2.05, 4.69) is 0 Å². The molecular weight excluding hydrogens is 484 g/mol. The summed E-state index contributed by atoms with van der Waals surface area (Å²) in [7, 11) is 3.17. The van der Waals surface area contributed by atoms with Gasteiger partial charge in [-0.25, -0.2) is 0 Å². The summed E-state index contributed by atoms with van der Waals surface area (Å²) in [5.74, 6) is 0.349. The van der Waals surface area contributed by atoms with E-state index < -0.39 is 11.8 Å². The molecule has 2 rings (SSSR count). The molecule has 0 saturated carbocycles. The van der Waals surface area contributed by atoms with Crippen LogP contribution in [0.25, 0.3) is 0 Å². The van der Waals surface area contributed by atoms with Crippen molar-refractivity contribution in [1.82, 2.24) is 0 Å². The Labute approximate surface area is 225 Å². The molecule has 2 aromatic rings. The summed E-state index contributed by atoms with van der Waals surface area (Å²) in [6.45, 7) is 1.04. The van der Waals surface area contributed by atoms with Crippen molar-refractivity contribution in [2.75, 3.05) is 37.1 Å². The van der Waals surface area contributed by atoms with E-state index in [1.165, 1.54) is 9.80 Å². The quantitative estimate of drug-likeness (QED) is 0.139. The van der Waals surface area contributed by atoms with E-state index in [9.17, 15) is 19.2 Å². The third-order valence-corrected chi connectivity index (χ3v) is 6.52. The summed E-state index contributed by atoms with van der Waals surface area (Å²) in [6, 6.07) is 14.3. The highest BCUT2D eigenvalue weighted by molar-refractivity contribution is 6.30. The normalized spacial score (nSPS) is 10.5. The van der Waals surface area contributed by atoms with Gasteiger partial charge in [-0.1, -0.05) is 51.4 Å². The standard InChI is InChI=1S/C30H40N2O6/c1-37-27-17-13-25(14-18-27)31(29(35)23-33)21-11-9-7-5-3-4-6-8-10-12-22-32(30(36)24-34)26-15-19-28(38-2)20-16-26/h13-20,23-24H,3-12,21-22H2,1-2H3. The van der Waals surface area contributed by atoms with Gasteiger partial charge in [0.2, 0.25) is 12.6 Å². The third-order valence-electron chi connectivity index (χ3n) is 6.52. The van der Waals surface area contributed by atoms with Crippen LogP contribution in [0.15, 0.2) is 48.5 Å². The lowest BCUT2D eigenvalue weighted by molar-refractivity contribution is -0.129. The van der Waals surface area contributed by atoms with Gasteiger partial charge in [0.25, 0.3) is 11.8 Å². The van der Waals surface area contributed by atoms with Gasteiger partial charge in [-0.15, -0.1) is 0 Å². The van der Waals surface area contributed by atoms with Crippen LogP contribution in [-0.4, -0.2) is 51.7 Å². The van der Waals surface area contributed by atoms with Crippen LogP contribution in [0.5, 0.6) is 11.5 Å². The molecule has 206 valence electrons. The van der Waals surface area contributed by atoms with Gasteiger partial charge in [-0.05, 0) is 61.4 Å². The van der Waals surface area contributed by atoms with Crippen LogP contribution in [0, 0.1) is 0 Å². The average Bonchev–Trinajstić information content (AvgIpc) is 2.97. The molecule has 0 fully saturated rings. The van der Waals surface area contributed by atoms with Crippen molar-refractivity contribution in [3.8, 4) is 11.5 Å². The summed E-state index contributed by atoms with van der Waals surface area (Å²) < 4.78 is 10.3. The first-order valence-electron chi connectivity index (χ1n) is 13.4. The molecule has 8 heteroatoms. The number of methoxy groups -OCH3 is 2. The number of amides is 2. The molecule has 8 nitrogen and oxygen atoms in total. The van der Waals surface area contributed by atoms with Gasteiger partial charge in [0.15, 0.2) is 0 Å². The molecule has 0 bridgehead atoms. The van der Waals surface area contributed by atoms with Gasteiger partial charge in [-0.2, -0.15) is 0 Å². The first kappa shape index (κ1) is 30.5. The van der Waals surface area contributed by atoms with Gasteiger partial charge < -0.3 is 19.3 Å². The average molecular weight is 525 g/mol. The maximum Gasteiger partial charge on any atom is 0.291 e. The number of hydrogen-bond donors (Lipinski definition) is 0. The molecule has 0 atom stereocenters. The molecule has 0 aliphatic heterocycles. The van der Waals surface area contributed by atoms with Gasteiger partial charge in [0.1, 0.15) is 11.5 Å². The zero-order chi connectivity index (χ0) is 27.6. The lowest BCUT2D eigenvalue weighted by atomic mass is 10.1. The Kier molecular flexibility index (Phi) is 14.2. The van der Waals surface area contributed by atoms with E-state index in [1.807, 2.05) is 0 Å². The summed E-state index contributed by atoms with van der Waals surface area (Å²) >= 11 is 0. The number of nitrogens with zero attached hydrogens (tertiary/aromatic N) is 2. The Balaban J connectivity index is 1.57. The van der Waals surface area contributed by atoms with Crippen LogP contribution in [0.1, 0.15) is 64.2 Å². The minimum absolute atomic E-state index is 0.362. The van der Waals surface area contributed by atoms with Gasteiger partial charge in [0, 0.05) is 24.5 Å². The van der Waals surface area contributed by atoms with Crippen molar-refractivity contribution < 1.29 is 28.7 Å². The van der Waals surface area contributed by atoms with Crippen molar-refractivity contribution >= 4 is 35.8 Å². The molecule has 0 heterocycles. The first-order valence-corrected chi connectivity index (χ1v) is 13.4. The number of anilines is 2. The lowest BCUT2D eigenvalue weighted by Gasteiger charge is -2.20. The predicted octanol–water partition coefficient (Wildman–Crippen LogP) is 5.37. The summed E-state index contributed by atoms with van der Waals surface area (Å²) in [5, 5.41) is 0.